The van der Waals surface area contributed by atoms with Crippen molar-refractivity contribution in [3.63, 3.8) is 0 Å². The van der Waals surface area contributed by atoms with Crippen molar-refractivity contribution in [1.82, 2.24) is 9.88 Å². The fraction of sp³-hybridized carbons (Fsp3) is 0.471. The molecular formula is C17H21ClN2O3. The number of H-pyrrole nitrogens is 1. The van der Waals surface area contributed by atoms with Crippen LogP contribution in [0.5, 0.6) is 0 Å². The van der Waals surface area contributed by atoms with Gasteiger partial charge in [0.15, 0.2) is 11.3 Å². The number of cyclic esters (lactones) is 1. The number of nitrogens with zero attached hydrogens (tertiary/aromatic N) is 1. The number of aromatic nitrogens is 1. The van der Waals surface area contributed by atoms with Crippen LogP contribution < -0.4 is 0 Å². The molecular weight excluding hydrogens is 316 g/mol. The quantitative estimate of drug-likeness (QED) is 0.899. The van der Waals surface area contributed by atoms with E-state index in [0.717, 1.165) is 22.2 Å². The summed E-state index contributed by atoms with van der Waals surface area (Å²) in [7, 11) is 0. The van der Waals surface area contributed by atoms with E-state index < -0.39 is 17.4 Å². The monoisotopic (exact) mass is 336 g/mol. The van der Waals surface area contributed by atoms with Crippen LogP contribution >= 0.6 is 11.6 Å². The first-order valence-electron chi connectivity index (χ1n) is 7.63. The lowest BCUT2D eigenvalue weighted by Gasteiger charge is -2.34. The zero-order chi connectivity index (χ0) is 17.0. The number of benzene rings is 1. The zero-order valence-corrected chi connectivity index (χ0v) is 14.5. The number of rotatable bonds is 3. The molecule has 1 aliphatic rings. The van der Waals surface area contributed by atoms with Crippen molar-refractivity contribution in [2.24, 2.45) is 0 Å². The Labute approximate surface area is 140 Å². The lowest BCUT2D eigenvalue weighted by Crippen LogP contribution is -2.54. The maximum Gasteiger partial charge on any atom is 0.412 e. The summed E-state index contributed by atoms with van der Waals surface area (Å²) < 4.78 is 5.29. The Morgan fingerprint density at radius 2 is 2.04 bits per heavy atom. The van der Waals surface area contributed by atoms with Gasteiger partial charge in [0.05, 0.1) is 0 Å². The second kappa shape index (κ2) is 5.14. The maximum absolute atomic E-state index is 12.1. The smallest absolute Gasteiger partial charge is 0.412 e. The molecule has 2 heterocycles. The summed E-state index contributed by atoms with van der Waals surface area (Å²) in [6, 6.07) is 5.70. The SMILES string of the molecule is Cc1[nH]c2ccc(Cl)cc2c1CCN1C(=O)OC(C)(C)C1(C)O. The fourth-order valence-electron chi connectivity index (χ4n) is 3.08. The van der Waals surface area contributed by atoms with E-state index in [-0.39, 0.29) is 0 Å². The van der Waals surface area contributed by atoms with Crippen LogP contribution in [-0.2, 0) is 11.2 Å². The average Bonchev–Trinajstić information content (AvgIpc) is 2.80. The van der Waals surface area contributed by atoms with Gasteiger partial charge in [0, 0.05) is 28.2 Å². The molecule has 0 aliphatic carbocycles. The molecule has 0 saturated carbocycles. The van der Waals surface area contributed by atoms with Crippen LogP contribution in [0.25, 0.3) is 10.9 Å². The number of carbonyl (C=O) groups is 1. The molecule has 124 valence electrons. The number of fused-ring (bicyclic) bond motifs is 1. The molecule has 0 bridgehead atoms. The summed E-state index contributed by atoms with van der Waals surface area (Å²) in [5, 5.41) is 12.4. The number of aryl methyl sites for hydroxylation is 1. The number of aliphatic hydroxyl groups is 1. The molecule has 1 aromatic heterocycles. The van der Waals surface area contributed by atoms with E-state index in [9.17, 15) is 9.90 Å². The average molecular weight is 337 g/mol. The normalized spacial score (nSPS) is 23.6. The molecule has 1 amide bonds. The first kappa shape index (κ1) is 16.1. The Balaban J connectivity index is 1.88. The summed E-state index contributed by atoms with van der Waals surface area (Å²) in [6.45, 7) is 7.39. The Hall–Kier alpha value is -1.72. The minimum Gasteiger partial charge on any atom is -0.438 e. The first-order chi connectivity index (χ1) is 10.6. The van der Waals surface area contributed by atoms with Gasteiger partial charge in [0.2, 0.25) is 0 Å². The molecule has 0 radical (unpaired) electrons. The van der Waals surface area contributed by atoms with Crippen LogP contribution in [-0.4, -0.2) is 39.0 Å². The lowest BCUT2D eigenvalue weighted by atomic mass is 9.95. The van der Waals surface area contributed by atoms with Gasteiger partial charge in [-0.25, -0.2) is 4.79 Å². The van der Waals surface area contributed by atoms with Crippen molar-refractivity contribution in [3.8, 4) is 0 Å². The van der Waals surface area contributed by atoms with Gasteiger partial charge in [-0.3, -0.25) is 4.90 Å². The second-order valence-electron chi connectivity index (χ2n) is 6.72. The molecule has 5 nitrogen and oxygen atoms in total. The van der Waals surface area contributed by atoms with Crippen LogP contribution in [0.15, 0.2) is 18.2 Å². The maximum atomic E-state index is 12.1. The number of aromatic amines is 1. The number of hydrogen-bond donors (Lipinski definition) is 2. The Morgan fingerprint density at radius 1 is 1.35 bits per heavy atom. The Kier molecular flexibility index (Phi) is 3.61. The highest BCUT2D eigenvalue weighted by molar-refractivity contribution is 6.31. The molecule has 1 fully saturated rings. The van der Waals surface area contributed by atoms with Crippen molar-refractivity contribution in [3.05, 3.63) is 34.5 Å². The van der Waals surface area contributed by atoms with Gasteiger partial charge in [-0.15, -0.1) is 0 Å². The fourth-order valence-corrected chi connectivity index (χ4v) is 3.25. The molecule has 1 aromatic carbocycles. The predicted molar refractivity (Wildman–Crippen MR) is 89.6 cm³/mol. The van der Waals surface area contributed by atoms with Crippen LogP contribution in [0.4, 0.5) is 4.79 Å². The Morgan fingerprint density at radius 3 is 2.65 bits per heavy atom. The Bertz CT molecular complexity index is 779. The predicted octanol–water partition coefficient (Wildman–Crippen LogP) is 3.61. The van der Waals surface area contributed by atoms with Gasteiger partial charge in [-0.2, -0.15) is 0 Å². The van der Waals surface area contributed by atoms with Gasteiger partial charge in [-0.05, 0) is 57.9 Å². The third kappa shape index (κ3) is 2.48. The van der Waals surface area contributed by atoms with E-state index in [2.05, 4.69) is 4.98 Å². The third-order valence-corrected chi connectivity index (χ3v) is 5.13. The molecule has 3 rings (SSSR count). The lowest BCUT2D eigenvalue weighted by molar-refractivity contribution is -0.126. The summed E-state index contributed by atoms with van der Waals surface area (Å²) in [5.41, 5.74) is 0.854. The van der Waals surface area contributed by atoms with Crippen molar-refractivity contribution in [1.29, 1.82) is 0 Å². The van der Waals surface area contributed by atoms with Crippen LogP contribution in [0, 0.1) is 6.92 Å². The molecule has 1 unspecified atom stereocenters. The molecule has 2 N–H and O–H groups in total. The number of carbonyl (C=O) groups excluding carboxylic acids is 1. The summed E-state index contributed by atoms with van der Waals surface area (Å²) in [5.74, 6) is 0. The van der Waals surface area contributed by atoms with Gasteiger partial charge in [0.25, 0.3) is 0 Å². The minimum atomic E-state index is -1.35. The van der Waals surface area contributed by atoms with Crippen molar-refractivity contribution < 1.29 is 14.6 Å². The number of ether oxygens (including phenoxy) is 1. The zero-order valence-electron chi connectivity index (χ0n) is 13.7. The standard InChI is InChI=1S/C17H21ClN2O3/c1-10-12(13-9-11(18)5-6-14(13)19-10)7-8-20-15(21)23-16(2,3)17(20,4)22/h5-6,9,19,22H,7-8H2,1-4H3. The first-order valence-corrected chi connectivity index (χ1v) is 8.01. The van der Waals surface area contributed by atoms with Gasteiger partial charge in [-0.1, -0.05) is 11.6 Å². The minimum absolute atomic E-state index is 0.371. The molecule has 1 aliphatic heterocycles. The number of nitrogens with one attached hydrogen (secondary N) is 1. The largest absolute Gasteiger partial charge is 0.438 e. The van der Waals surface area contributed by atoms with Crippen molar-refractivity contribution in [2.45, 2.75) is 45.4 Å². The highest BCUT2D eigenvalue weighted by Gasteiger charge is 2.56. The summed E-state index contributed by atoms with van der Waals surface area (Å²) in [6.07, 6.45) is 0.114. The van der Waals surface area contributed by atoms with Crippen LogP contribution in [0.3, 0.4) is 0 Å². The molecule has 6 heteroatoms. The van der Waals surface area contributed by atoms with Gasteiger partial charge in [0.1, 0.15) is 0 Å². The van der Waals surface area contributed by atoms with E-state index in [1.54, 1.807) is 20.8 Å². The molecule has 1 atom stereocenters. The second-order valence-corrected chi connectivity index (χ2v) is 7.16. The number of hydrogen-bond acceptors (Lipinski definition) is 3. The van der Waals surface area contributed by atoms with E-state index in [0.29, 0.717) is 18.0 Å². The molecule has 23 heavy (non-hydrogen) atoms. The topological polar surface area (TPSA) is 65.6 Å². The number of halogens is 1. The highest BCUT2D eigenvalue weighted by Crippen LogP contribution is 2.37. The molecule has 2 aromatic rings. The van der Waals surface area contributed by atoms with Gasteiger partial charge >= 0.3 is 6.09 Å². The van der Waals surface area contributed by atoms with Crippen LogP contribution in [0.1, 0.15) is 32.0 Å². The number of amides is 1. The van der Waals surface area contributed by atoms with E-state index in [1.165, 1.54) is 4.90 Å². The molecule has 1 saturated heterocycles. The summed E-state index contributed by atoms with van der Waals surface area (Å²) in [4.78, 5) is 16.8. The van der Waals surface area contributed by atoms with Crippen molar-refractivity contribution in [2.75, 3.05) is 6.54 Å². The molecule has 0 spiro atoms. The van der Waals surface area contributed by atoms with E-state index in [1.807, 2.05) is 25.1 Å². The van der Waals surface area contributed by atoms with Crippen LogP contribution in [0.2, 0.25) is 5.02 Å². The van der Waals surface area contributed by atoms with Gasteiger partial charge < -0.3 is 14.8 Å². The van der Waals surface area contributed by atoms with E-state index in [4.69, 9.17) is 16.3 Å². The highest BCUT2D eigenvalue weighted by atomic mass is 35.5. The third-order valence-electron chi connectivity index (χ3n) is 4.90. The van der Waals surface area contributed by atoms with Crippen molar-refractivity contribution >= 4 is 28.6 Å². The van der Waals surface area contributed by atoms with E-state index >= 15 is 0 Å². The summed E-state index contributed by atoms with van der Waals surface area (Å²) >= 11 is 6.09.